The number of H-pyrrole nitrogens is 1. The van der Waals surface area contributed by atoms with Crippen LogP contribution >= 0.6 is 11.8 Å². The third-order valence-electron chi connectivity index (χ3n) is 3.68. The molecule has 1 N–H and O–H groups in total. The van der Waals surface area contributed by atoms with Gasteiger partial charge in [0.25, 0.3) is 5.56 Å². The van der Waals surface area contributed by atoms with Crippen molar-refractivity contribution in [3.05, 3.63) is 45.7 Å². The summed E-state index contributed by atoms with van der Waals surface area (Å²) in [5, 5.41) is 3.83. The van der Waals surface area contributed by atoms with Crippen LogP contribution in [-0.2, 0) is 0 Å². The zero-order chi connectivity index (χ0) is 15.9. The van der Waals surface area contributed by atoms with Gasteiger partial charge >= 0.3 is 0 Å². The number of methoxy groups -OCH3 is 1. The van der Waals surface area contributed by atoms with Crippen LogP contribution in [0.25, 0.3) is 0 Å². The minimum absolute atomic E-state index is 0.0397. The molecule has 0 saturated carbocycles. The number of fused-ring (bicyclic) bond motifs is 1. The number of aromatic nitrogens is 2. The van der Waals surface area contributed by atoms with E-state index in [0.29, 0.717) is 0 Å². The number of nitrogens with zero attached hydrogens (tertiary/aromatic N) is 2. The van der Waals surface area contributed by atoms with Gasteiger partial charge in [-0.2, -0.15) is 0 Å². The van der Waals surface area contributed by atoms with Crippen molar-refractivity contribution in [2.45, 2.75) is 32.1 Å². The van der Waals surface area contributed by atoms with E-state index in [1.165, 1.54) is 0 Å². The third kappa shape index (κ3) is 2.47. The minimum Gasteiger partial charge on any atom is -0.497 e. The van der Waals surface area contributed by atoms with Crippen LogP contribution in [0.2, 0.25) is 0 Å². The molecule has 22 heavy (non-hydrogen) atoms. The molecule has 1 aromatic carbocycles. The van der Waals surface area contributed by atoms with Crippen molar-refractivity contribution in [1.82, 2.24) is 9.78 Å². The van der Waals surface area contributed by atoms with E-state index in [2.05, 4.69) is 10.1 Å². The van der Waals surface area contributed by atoms with E-state index in [4.69, 9.17) is 4.74 Å². The predicted octanol–water partition coefficient (Wildman–Crippen LogP) is 3.65. The Labute approximate surface area is 133 Å². The van der Waals surface area contributed by atoms with E-state index >= 15 is 0 Å². The second kappa shape index (κ2) is 5.68. The van der Waals surface area contributed by atoms with Crippen molar-refractivity contribution in [3.8, 4) is 5.75 Å². The highest BCUT2D eigenvalue weighted by molar-refractivity contribution is 8.14. The first-order chi connectivity index (χ1) is 10.5. The first-order valence-corrected chi connectivity index (χ1v) is 8.09. The van der Waals surface area contributed by atoms with E-state index in [0.717, 1.165) is 27.7 Å². The van der Waals surface area contributed by atoms with Crippen molar-refractivity contribution in [1.29, 1.82) is 0 Å². The molecule has 0 bridgehead atoms. The molecule has 2 heterocycles. The third-order valence-corrected chi connectivity index (χ3v) is 4.86. The molecule has 116 valence electrons. The van der Waals surface area contributed by atoms with Crippen molar-refractivity contribution >= 4 is 22.6 Å². The molecule has 5 nitrogen and oxygen atoms in total. The average Bonchev–Trinajstić information content (AvgIpc) is 2.84. The molecule has 1 atom stereocenters. The smallest absolute Gasteiger partial charge is 0.271 e. The van der Waals surface area contributed by atoms with Gasteiger partial charge < -0.3 is 4.74 Å². The summed E-state index contributed by atoms with van der Waals surface area (Å²) in [6, 6.07) is 8.01. The van der Waals surface area contributed by atoms with Crippen molar-refractivity contribution in [2.24, 2.45) is 4.99 Å². The molecule has 0 fully saturated rings. The number of hydrogen-bond acceptors (Lipinski definition) is 4. The summed E-state index contributed by atoms with van der Waals surface area (Å²) >= 11 is 1.61. The lowest BCUT2D eigenvalue weighted by molar-refractivity contribution is 0.414. The number of nitrogens with one attached hydrogen (secondary N) is 1. The summed E-state index contributed by atoms with van der Waals surface area (Å²) < 4.78 is 7.05. The molecule has 1 aliphatic rings. The number of benzene rings is 1. The largest absolute Gasteiger partial charge is 0.497 e. The summed E-state index contributed by atoms with van der Waals surface area (Å²) in [7, 11) is 1.65. The molecule has 1 aliphatic heterocycles. The first kappa shape index (κ1) is 15.0. The van der Waals surface area contributed by atoms with E-state index in [-0.39, 0.29) is 16.9 Å². The molecule has 0 aliphatic carbocycles. The Bertz CT molecular complexity index is 772. The normalized spacial score (nSPS) is 17.3. The maximum atomic E-state index is 12.4. The quantitative estimate of drug-likeness (QED) is 0.940. The van der Waals surface area contributed by atoms with Crippen LogP contribution in [0, 0.1) is 0 Å². The topological polar surface area (TPSA) is 59.4 Å². The lowest BCUT2D eigenvalue weighted by atomic mass is 10.1. The molecular weight excluding hydrogens is 298 g/mol. The second-order valence-electron chi connectivity index (χ2n) is 5.54. The minimum atomic E-state index is -0.0618. The van der Waals surface area contributed by atoms with Gasteiger partial charge in [0.1, 0.15) is 5.75 Å². The van der Waals surface area contributed by atoms with Gasteiger partial charge in [-0.15, -0.1) is 0 Å². The Kier molecular flexibility index (Phi) is 3.87. The molecule has 0 amide bonds. The molecule has 0 radical (unpaired) electrons. The lowest BCUT2D eigenvalue weighted by Gasteiger charge is -2.21. The zero-order valence-electron chi connectivity index (χ0n) is 13.1. The highest BCUT2D eigenvalue weighted by atomic mass is 32.2. The van der Waals surface area contributed by atoms with E-state index < -0.39 is 0 Å². The Morgan fingerprint density at radius 3 is 2.59 bits per heavy atom. The van der Waals surface area contributed by atoms with Crippen LogP contribution in [-0.4, -0.2) is 21.9 Å². The number of thioether (sulfide) groups is 1. The van der Waals surface area contributed by atoms with Crippen LogP contribution in [0.3, 0.4) is 0 Å². The van der Waals surface area contributed by atoms with Gasteiger partial charge in [-0.25, -0.2) is 4.99 Å². The van der Waals surface area contributed by atoms with Gasteiger partial charge in [0.15, 0.2) is 5.82 Å². The van der Waals surface area contributed by atoms with Crippen LogP contribution < -0.4 is 10.3 Å². The summed E-state index contributed by atoms with van der Waals surface area (Å²) in [5.74, 6) is 1.56. The molecule has 1 unspecified atom stereocenters. The monoisotopic (exact) mass is 317 g/mol. The van der Waals surface area contributed by atoms with Gasteiger partial charge in [0.05, 0.1) is 23.0 Å². The fraction of sp³-hybridized carbons (Fsp3) is 0.375. The molecule has 1 aromatic heterocycles. The molecular formula is C16H19N3O2S. The summed E-state index contributed by atoms with van der Waals surface area (Å²) in [4.78, 5) is 17.0. The van der Waals surface area contributed by atoms with Crippen LogP contribution in [0.1, 0.15) is 43.2 Å². The summed E-state index contributed by atoms with van der Waals surface area (Å²) in [5.41, 5.74) is 1.75. The lowest BCUT2D eigenvalue weighted by Crippen LogP contribution is -2.13. The number of hydrogen-bond donors (Lipinski definition) is 1. The van der Waals surface area contributed by atoms with Crippen LogP contribution in [0.5, 0.6) is 5.75 Å². The molecule has 2 aromatic rings. The fourth-order valence-electron chi connectivity index (χ4n) is 2.60. The molecule has 6 heteroatoms. The van der Waals surface area contributed by atoms with Crippen molar-refractivity contribution in [3.63, 3.8) is 0 Å². The van der Waals surface area contributed by atoms with E-state index in [1.807, 2.05) is 49.7 Å². The zero-order valence-corrected chi connectivity index (χ0v) is 13.9. The maximum absolute atomic E-state index is 12.4. The molecule has 3 rings (SSSR count). The van der Waals surface area contributed by atoms with Gasteiger partial charge in [-0.1, -0.05) is 23.9 Å². The van der Waals surface area contributed by atoms with Crippen LogP contribution in [0.15, 0.2) is 34.1 Å². The summed E-state index contributed by atoms with van der Waals surface area (Å²) in [6.07, 6.45) is 0. The van der Waals surface area contributed by atoms with Crippen molar-refractivity contribution < 1.29 is 4.74 Å². The molecule has 0 spiro atoms. The van der Waals surface area contributed by atoms with Gasteiger partial charge in [0, 0.05) is 6.04 Å². The first-order valence-electron chi connectivity index (χ1n) is 7.21. The van der Waals surface area contributed by atoms with E-state index in [9.17, 15) is 4.79 Å². The van der Waals surface area contributed by atoms with Crippen molar-refractivity contribution in [2.75, 3.05) is 7.11 Å². The highest BCUT2D eigenvalue weighted by Crippen LogP contribution is 2.44. The number of aliphatic imine (C=N–C) groups is 1. The van der Waals surface area contributed by atoms with Gasteiger partial charge in [-0.05, 0) is 38.5 Å². The average molecular weight is 317 g/mol. The highest BCUT2D eigenvalue weighted by Gasteiger charge is 2.30. The van der Waals surface area contributed by atoms with E-state index in [1.54, 1.807) is 18.9 Å². The second-order valence-corrected chi connectivity index (χ2v) is 6.84. The Morgan fingerprint density at radius 1 is 1.32 bits per heavy atom. The number of ether oxygens (including phenoxy) is 1. The van der Waals surface area contributed by atoms with Crippen LogP contribution in [0.4, 0.5) is 5.82 Å². The standard InChI is InChI=1S/C16H19N3O2S/c1-9(2)19-15-13(16(20)18-19)14(22-10(3)17-15)11-5-7-12(21-4)8-6-11/h5-9,14H,1-4H3,(H,18,20). The fourth-order valence-corrected chi connectivity index (χ4v) is 3.70. The van der Waals surface area contributed by atoms with Gasteiger partial charge in [0.2, 0.25) is 0 Å². The maximum Gasteiger partial charge on any atom is 0.271 e. The van der Waals surface area contributed by atoms with Gasteiger partial charge in [-0.3, -0.25) is 14.6 Å². The Morgan fingerprint density at radius 2 is 2.00 bits per heavy atom. The predicted molar refractivity (Wildman–Crippen MR) is 90.6 cm³/mol. The summed E-state index contributed by atoms with van der Waals surface area (Å²) in [6.45, 7) is 6.04. The SMILES string of the molecule is COc1ccc(C2SC(C)=Nc3c2c(=O)[nH]n3C(C)C)cc1. The number of rotatable bonds is 3. The Hall–Kier alpha value is -1.95. The Balaban J connectivity index is 2.12. The number of aromatic amines is 1. The molecule has 0 saturated heterocycles.